The molecule has 0 aliphatic rings. The maximum atomic E-state index is 13.3. The lowest BCUT2D eigenvalue weighted by Crippen LogP contribution is -1.95. The summed E-state index contributed by atoms with van der Waals surface area (Å²) >= 11 is 0. The first-order chi connectivity index (χ1) is 7.22. The van der Waals surface area contributed by atoms with Crippen molar-refractivity contribution in [2.75, 3.05) is 0 Å². The molecule has 3 nitrogen and oxygen atoms in total. The Labute approximate surface area is 84.5 Å². The lowest BCUT2D eigenvalue weighted by Gasteiger charge is -1.99. The van der Waals surface area contributed by atoms with Crippen molar-refractivity contribution in [2.24, 2.45) is 5.73 Å². The van der Waals surface area contributed by atoms with Crippen molar-refractivity contribution in [1.82, 2.24) is 4.98 Å². The Morgan fingerprint density at radius 2 is 1.93 bits per heavy atom. The van der Waals surface area contributed by atoms with Crippen LogP contribution in [-0.2, 0) is 6.54 Å². The van der Waals surface area contributed by atoms with Gasteiger partial charge in [0.25, 0.3) is 0 Å². The van der Waals surface area contributed by atoms with Crippen LogP contribution in [0.4, 0.5) is 8.78 Å². The van der Waals surface area contributed by atoms with E-state index in [4.69, 9.17) is 10.2 Å². The van der Waals surface area contributed by atoms with Crippen LogP contribution >= 0.6 is 0 Å². The van der Waals surface area contributed by atoms with Gasteiger partial charge in [-0.05, 0) is 12.1 Å². The number of hydrogen-bond donors (Lipinski definition) is 1. The molecule has 0 amide bonds. The molecule has 0 saturated carbocycles. The van der Waals surface area contributed by atoms with Crippen molar-refractivity contribution in [3.8, 4) is 11.3 Å². The van der Waals surface area contributed by atoms with E-state index in [1.54, 1.807) is 0 Å². The van der Waals surface area contributed by atoms with E-state index in [1.807, 2.05) is 0 Å². The Morgan fingerprint density at radius 3 is 2.47 bits per heavy atom. The number of rotatable bonds is 2. The fourth-order valence-corrected chi connectivity index (χ4v) is 1.25. The smallest absolute Gasteiger partial charge is 0.208 e. The Morgan fingerprint density at radius 1 is 1.27 bits per heavy atom. The van der Waals surface area contributed by atoms with Crippen LogP contribution in [0, 0.1) is 11.6 Å². The monoisotopic (exact) mass is 210 g/mol. The standard InChI is InChI=1S/C10H8F2N2O/c11-6-2-1-3-7(12)10(6)8-5-14-9(4-13)15-8/h1-3,5H,4,13H2. The van der Waals surface area contributed by atoms with Gasteiger partial charge in [0.05, 0.1) is 18.3 Å². The molecule has 0 aliphatic heterocycles. The third-order valence-corrected chi connectivity index (χ3v) is 1.94. The molecule has 0 fully saturated rings. The molecule has 2 rings (SSSR count). The predicted octanol–water partition coefficient (Wildman–Crippen LogP) is 2.08. The minimum Gasteiger partial charge on any atom is -0.439 e. The van der Waals surface area contributed by atoms with E-state index < -0.39 is 11.6 Å². The average molecular weight is 210 g/mol. The van der Waals surface area contributed by atoms with E-state index in [0.717, 1.165) is 12.1 Å². The Hall–Kier alpha value is -1.75. The van der Waals surface area contributed by atoms with Crippen molar-refractivity contribution in [3.05, 3.63) is 41.9 Å². The van der Waals surface area contributed by atoms with Gasteiger partial charge >= 0.3 is 0 Å². The van der Waals surface area contributed by atoms with Gasteiger partial charge in [-0.2, -0.15) is 0 Å². The van der Waals surface area contributed by atoms with Gasteiger partial charge in [-0.15, -0.1) is 0 Å². The van der Waals surface area contributed by atoms with Gasteiger partial charge in [-0.25, -0.2) is 13.8 Å². The van der Waals surface area contributed by atoms with E-state index in [9.17, 15) is 8.78 Å². The molecule has 0 radical (unpaired) electrons. The van der Waals surface area contributed by atoms with Gasteiger partial charge in [0.1, 0.15) is 11.6 Å². The second-order valence-electron chi connectivity index (χ2n) is 2.92. The number of oxazole rings is 1. The summed E-state index contributed by atoms with van der Waals surface area (Å²) < 4.78 is 31.6. The molecular formula is C10H8F2N2O. The minimum atomic E-state index is -0.685. The highest BCUT2D eigenvalue weighted by Crippen LogP contribution is 2.26. The normalized spacial score (nSPS) is 10.6. The van der Waals surface area contributed by atoms with Crippen LogP contribution in [0.3, 0.4) is 0 Å². The van der Waals surface area contributed by atoms with Crippen LogP contribution in [0.5, 0.6) is 0 Å². The van der Waals surface area contributed by atoms with Crippen LogP contribution in [0.15, 0.2) is 28.8 Å². The summed E-state index contributed by atoms with van der Waals surface area (Å²) in [5, 5.41) is 0. The molecule has 0 saturated heterocycles. The minimum absolute atomic E-state index is 0.0473. The second kappa shape index (κ2) is 3.78. The molecule has 5 heteroatoms. The zero-order valence-corrected chi connectivity index (χ0v) is 7.71. The van der Waals surface area contributed by atoms with Crippen molar-refractivity contribution in [2.45, 2.75) is 6.54 Å². The molecule has 0 aliphatic carbocycles. The molecule has 2 aromatic rings. The molecule has 0 spiro atoms. The number of hydrogen-bond acceptors (Lipinski definition) is 3. The second-order valence-corrected chi connectivity index (χ2v) is 2.92. The first kappa shape index (κ1) is 9.79. The third kappa shape index (κ3) is 1.73. The zero-order chi connectivity index (χ0) is 10.8. The molecular weight excluding hydrogens is 202 g/mol. The summed E-state index contributed by atoms with van der Waals surface area (Å²) in [5.74, 6) is -1.08. The van der Waals surface area contributed by atoms with Gasteiger partial charge in [0, 0.05) is 0 Å². The summed E-state index contributed by atoms with van der Waals surface area (Å²) in [5.41, 5.74) is 5.06. The Bertz CT molecular complexity index is 462. The van der Waals surface area contributed by atoms with Crippen LogP contribution in [0.1, 0.15) is 5.89 Å². The van der Waals surface area contributed by atoms with Crippen LogP contribution in [0.2, 0.25) is 0 Å². The highest BCUT2D eigenvalue weighted by Gasteiger charge is 2.14. The molecule has 0 unspecified atom stereocenters. The molecule has 1 aromatic carbocycles. The largest absolute Gasteiger partial charge is 0.439 e. The molecule has 15 heavy (non-hydrogen) atoms. The molecule has 0 atom stereocenters. The van der Waals surface area contributed by atoms with Gasteiger partial charge in [-0.3, -0.25) is 0 Å². The average Bonchev–Trinajstić information content (AvgIpc) is 2.66. The van der Waals surface area contributed by atoms with E-state index >= 15 is 0 Å². The quantitative estimate of drug-likeness (QED) is 0.825. The molecule has 78 valence electrons. The summed E-state index contributed by atoms with van der Waals surface area (Å²) in [6.07, 6.45) is 1.25. The van der Waals surface area contributed by atoms with Crippen molar-refractivity contribution in [3.63, 3.8) is 0 Å². The molecule has 1 heterocycles. The maximum Gasteiger partial charge on any atom is 0.208 e. The van der Waals surface area contributed by atoms with Gasteiger partial charge < -0.3 is 10.2 Å². The van der Waals surface area contributed by atoms with Crippen LogP contribution in [-0.4, -0.2) is 4.98 Å². The van der Waals surface area contributed by atoms with Gasteiger partial charge in [0.2, 0.25) is 5.89 Å². The van der Waals surface area contributed by atoms with Gasteiger partial charge in [0.15, 0.2) is 5.76 Å². The van der Waals surface area contributed by atoms with Gasteiger partial charge in [-0.1, -0.05) is 6.07 Å². The lowest BCUT2D eigenvalue weighted by molar-refractivity contribution is 0.498. The predicted molar refractivity (Wildman–Crippen MR) is 49.7 cm³/mol. The van der Waals surface area contributed by atoms with Crippen molar-refractivity contribution < 1.29 is 13.2 Å². The molecule has 2 N–H and O–H groups in total. The summed E-state index contributed by atoms with van der Waals surface area (Å²) in [4.78, 5) is 3.77. The number of aromatic nitrogens is 1. The first-order valence-electron chi connectivity index (χ1n) is 4.31. The highest BCUT2D eigenvalue weighted by molar-refractivity contribution is 5.57. The molecule has 1 aromatic heterocycles. The number of nitrogens with zero attached hydrogens (tertiary/aromatic N) is 1. The Balaban J connectivity index is 2.53. The zero-order valence-electron chi connectivity index (χ0n) is 7.71. The lowest BCUT2D eigenvalue weighted by atomic mass is 10.1. The van der Waals surface area contributed by atoms with Crippen LogP contribution in [0.25, 0.3) is 11.3 Å². The summed E-state index contributed by atoms with van der Waals surface area (Å²) in [6.45, 7) is 0.0933. The summed E-state index contributed by atoms with van der Waals surface area (Å²) in [6, 6.07) is 3.60. The SMILES string of the molecule is NCc1ncc(-c2c(F)cccc2F)o1. The number of halogens is 2. The number of nitrogens with two attached hydrogens (primary N) is 1. The van der Waals surface area contributed by atoms with E-state index in [1.165, 1.54) is 12.3 Å². The highest BCUT2D eigenvalue weighted by atomic mass is 19.1. The third-order valence-electron chi connectivity index (χ3n) is 1.94. The first-order valence-corrected chi connectivity index (χ1v) is 4.31. The van der Waals surface area contributed by atoms with E-state index in [-0.39, 0.29) is 23.8 Å². The van der Waals surface area contributed by atoms with Crippen molar-refractivity contribution in [1.29, 1.82) is 0 Å². The molecule has 0 bridgehead atoms. The fraction of sp³-hybridized carbons (Fsp3) is 0.100. The topological polar surface area (TPSA) is 52.0 Å². The van der Waals surface area contributed by atoms with E-state index in [2.05, 4.69) is 4.98 Å². The number of benzene rings is 1. The van der Waals surface area contributed by atoms with Crippen LogP contribution < -0.4 is 5.73 Å². The fourth-order valence-electron chi connectivity index (χ4n) is 1.25. The summed E-state index contributed by atoms with van der Waals surface area (Å²) in [7, 11) is 0. The maximum absolute atomic E-state index is 13.3. The van der Waals surface area contributed by atoms with Crippen molar-refractivity contribution >= 4 is 0 Å². The Kier molecular flexibility index (Phi) is 2.47. The van der Waals surface area contributed by atoms with E-state index in [0.29, 0.717) is 0 Å².